The molecule has 2 N–H and O–H groups in total. The topological polar surface area (TPSA) is 44.5 Å². The molecule has 106 valence electrons. The van der Waals surface area contributed by atoms with E-state index in [9.17, 15) is 0 Å². The third kappa shape index (κ3) is 3.11. The Labute approximate surface area is 120 Å². The lowest BCUT2D eigenvalue weighted by Crippen LogP contribution is -2.13. The zero-order valence-electron chi connectivity index (χ0n) is 12.2. The third-order valence-corrected chi connectivity index (χ3v) is 3.28. The monoisotopic (exact) mass is 271 g/mol. The summed E-state index contributed by atoms with van der Waals surface area (Å²) >= 11 is 0. The summed E-state index contributed by atoms with van der Waals surface area (Å²) in [5, 5.41) is 0. The number of ether oxygens (including phenoxy) is 2. The van der Waals surface area contributed by atoms with Crippen LogP contribution in [0.4, 0.5) is 0 Å². The van der Waals surface area contributed by atoms with E-state index >= 15 is 0 Å². The van der Waals surface area contributed by atoms with E-state index in [4.69, 9.17) is 15.2 Å². The molecule has 0 radical (unpaired) electrons. The Morgan fingerprint density at radius 3 is 2.40 bits per heavy atom. The van der Waals surface area contributed by atoms with Crippen LogP contribution in [-0.4, -0.2) is 13.7 Å². The Morgan fingerprint density at radius 1 is 1.10 bits per heavy atom. The predicted molar refractivity (Wildman–Crippen MR) is 81.4 cm³/mol. The van der Waals surface area contributed by atoms with E-state index in [0.717, 1.165) is 22.6 Å². The number of nitrogens with two attached hydrogens (primary N) is 1. The summed E-state index contributed by atoms with van der Waals surface area (Å²) < 4.78 is 10.8. The van der Waals surface area contributed by atoms with Crippen molar-refractivity contribution in [2.45, 2.75) is 19.9 Å². The minimum Gasteiger partial charge on any atom is -0.497 e. The van der Waals surface area contributed by atoms with Crippen molar-refractivity contribution in [3.8, 4) is 11.5 Å². The van der Waals surface area contributed by atoms with Crippen LogP contribution in [0.2, 0.25) is 0 Å². The van der Waals surface area contributed by atoms with E-state index in [-0.39, 0.29) is 6.04 Å². The third-order valence-electron chi connectivity index (χ3n) is 3.28. The average Bonchev–Trinajstić information content (AvgIpc) is 2.48. The zero-order chi connectivity index (χ0) is 14.5. The highest BCUT2D eigenvalue weighted by molar-refractivity contribution is 5.44. The van der Waals surface area contributed by atoms with Gasteiger partial charge in [0.15, 0.2) is 0 Å². The molecule has 0 heterocycles. The molecular weight excluding hydrogens is 250 g/mol. The standard InChI is InChI=1S/C17H21NO2/c1-4-20-16-10-5-12(2)11-15(16)17(18)13-6-8-14(19-3)9-7-13/h5-11,17H,4,18H2,1-3H3. The van der Waals surface area contributed by atoms with Crippen LogP contribution >= 0.6 is 0 Å². The molecule has 2 aromatic carbocycles. The van der Waals surface area contributed by atoms with E-state index in [1.54, 1.807) is 7.11 Å². The summed E-state index contributed by atoms with van der Waals surface area (Å²) in [6, 6.07) is 13.7. The van der Waals surface area contributed by atoms with Crippen molar-refractivity contribution >= 4 is 0 Å². The fraction of sp³-hybridized carbons (Fsp3) is 0.294. The summed E-state index contributed by atoms with van der Waals surface area (Å²) in [5.41, 5.74) is 9.61. The fourth-order valence-electron chi connectivity index (χ4n) is 2.19. The van der Waals surface area contributed by atoms with Gasteiger partial charge in [0.1, 0.15) is 11.5 Å². The molecule has 2 aromatic rings. The number of benzene rings is 2. The molecule has 0 aliphatic rings. The van der Waals surface area contributed by atoms with Gasteiger partial charge in [-0.2, -0.15) is 0 Å². The highest BCUT2D eigenvalue weighted by Gasteiger charge is 2.14. The van der Waals surface area contributed by atoms with Crippen molar-refractivity contribution in [1.82, 2.24) is 0 Å². The number of rotatable bonds is 5. The summed E-state index contributed by atoms with van der Waals surface area (Å²) in [7, 11) is 1.66. The summed E-state index contributed by atoms with van der Waals surface area (Å²) in [6.45, 7) is 4.66. The zero-order valence-corrected chi connectivity index (χ0v) is 12.2. The van der Waals surface area contributed by atoms with Crippen molar-refractivity contribution in [1.29, 1.82) is 0 Å². The maximum absolute atomic E-state index is 6.39. The maximum atomic E-state index is 6.39. The highest BCUT2D eigenvalue weighted by atomic mass is 16.5. The average molecular weight is 271 g/mol. The number of methoxy groups -OCH3 is 1. The molecule has 2 rings (SSSR count). The molecule has 0 saturated carbocycles. The minimum atomic E-state index is -0.206. The minimum absolute atomic E-state index is 0.206. The van der Waals surface area contributed by atoms with Gasteiger partial charge in [0.2, 0.25) is 0 Å². The van der Waals surface area contributed by atoms with Crippen molar-refractivity contribution in [2.24, 2.45) is 5.73 Å². The van der Waals surface area contributed by atoms with E-state index in [1.807, 2.05) is 43.3 Å². The molecule has 0 fully saturated rings. The molecule has 0 aliphatic carbocycles. The van der Waals surface area contributed by atoms with Crippen LogP contribution in [0, 0.1) is 6.92 Å². The molecule has 20 heavy (non-hydrogen) atoms. The van der Waals surface area contributed by atoms with Gasteiger partial charge in [-0.15, -0.1) is 0 Å². The molecule has 0 saturated heterocycles. The summed E-state index contributed by atoms with van der Waals surface area (Å²) in [5.74, 6) is 1.68. The van der Waals surface area contributed by atoms with Crippen LogP contribution in [0.5, 0.6) is 11.5 Å². The second-order valence-electron chi connectivity index (χ2n) is 4.73. The summed E-state index contributed by atoms with van der Waals surface area (Å²) in [6.07, 6.45) is 0. The first-order valence-corrected chi connectivity index (χ1v) is 6.78. The molecule has 3 heteroatoms. The van der Waals surface area contributed by atoms with Crippen LogP contribution < -0.4 is 15.2 Å². The molecular formula is C17H21NO2. The van der Waals surface area contributed by atoms with Gasteiger partial charge in [-0.1, -0.05) is 29.8 Å². The Bertz CT molecular complexity index is 564. The molecule has 0 amide bonds. The second kappa shape index (κ2) is 6.44. The molecule has 0 aromatic heterocycles. The van der Waals surface area contributed by atoms with Gasteiger partial charge in [0.25, 0.3) is 0 Å². The van der Waals surface area contributed by atoms with E-state index in [1.165, 1.54) is 5.56 Å². The molecule has 0 spiro atoms. The number of hydrogen-bond donors (Lipinski definition) is 1. The van der Waals surface area contributed by atoms with Crippen molar-refractivity contribution in [3.63, 3.8) is 0 Å². The lowest BCUT2D eigenvalue weighted by Gasteiger charge is -2.18. The Hall–Kier alpha value is -2.00. The van der Waals surface area contributed by atoms with Crippen molar-refractivity contribution < 1.29 is 9.47 Å². The normalized spacial score (nSPS) is 12.0. The van der Waals surface area contributed by atoms with Gasteiger partial charge in [-0.3, -0.25) is 0 Å². The quantitative estimate of drug-likeness (QED) is 0.906. The van der Waals surface area contributed by atoms with Crippen LogP contribution in [0.1, 0.15) is 29.7 Å². The fourth-order valence-corrected chi connectivity index (χ4v) is 2.19. The Kier molecular flexibility index (Phi) is 4.64. The first-order chi connectivity index (χ1) is 9.65. The number of aryl methyl sites for hydroxylation is 1. The Balaban J connectivity index is 2.35. The van der Waals surface area contributed by atoms with Gasteiger partial charge in [-0.05, 0) is 37.6 Å². The van der Waals surface area contributed by atoms with Crippen molar-refractivity contribution in [3.05, 3.63) is 59.2 Å². The van der Waals surface area contributed by atoms with E-state index in [0.29, 0.717) is 6.61 Å². The lowest BCUT2D eigenvalue weighted by molar-refractivity contribution is 0.335. The number of hydrogen-bond acceptors (Lipinski definition) is 3. The van der Waals surface area contributed by atoms with Gasteiger partial charge in [0, 0.05) is 5.56 Å². The first kappa shape index (κ1) is 14.4. The SMILES string of the molecule is CCOc1ccc(C)cc1C(N)c1ccc(OC)cc1. The Morgan fingerprint density at radius 2 is 1.80 bits per heavy atom. The molecule has 1 atom stereocenters. The molecule has 0 bridgehead atoms. The smallest absolute Gasteiger partial charge is 0.124 e. The van der Waals surface area contributed by atoms with Gasteiger partial charge in [-0.25, -0.2) is 0 Å². The lowest BCUT2D eigenvalue weighted by atomic mass is 9.97. The van der Waals surface area contributed by atoms with Crippen LogP contribution in [0.25, 0.3) is 0 Å². The summed E-state index contributed by atoms with van der Waals surface area (Å²) in [4.78, 5) is 0. The van der Waals surface area contributed by atoms with Gasteiger partial charge in [0.05, 0.1) is 19.8 Å². The molecule has 0 aliphatic heterocycles. The van der Waals surface area contributed by atoms with Crippen LogP contribution in [-0.2, 0) is 0 Å². The predicted octanol–water partition coefficient (Wildman–Crippen LogP) is 3.45. The van der Waals surface area contributed by atoms with E-state index in [2.05, 4.69) is 13.0 Å². The molecule has 1 unspecified atom stereocenters. The highest BCUT2D eigenvalue weighted by Crippen LogP contribution is 2.30. The first-order valence-electron chi connectivity index (χ1n) is 6.78. The second-order valence-corrected chi connectivity index (χ2v) is 4.73. The molecule has 3 nitrogen and oxygen atoms in total. The maximum Gasteiger partial charge on any atom is 0.124 e. The van der Waals surface area contributed by atoms with E-state index < -0.39 is 0 Å². The largest absolute Gasteiger partial charge is 0.497 e. The van der Waals surface area contributed by atoms with Crippen LogP contribution in [0.3, 0.4) is 0 Å². The van der Waals surface area contributed by atoms with Crippen LogP contribution in [0.15, 0.2) is 42.5 Å². The van der Waals surface area contributed by atoms with Gasteiger partial charge < -0.3 is 15.2 Å². The van der Waals surface area contributed by atoms with Gasteiger partial charge >= 0.3 is 0 Å². The van der Waals surface area contributed by atoms with Crippen molar-refractivity contribution in [2.75, 3.05) is 13.7 Å².